The smallest absolute Gasteiger partial charge is 0.251 e. The third-order valence-corrected chi connectivity index (χ3v) is 3.97. The second-order valence-corrected chi connectivity index (χ2v) is 6.20. The van der Waals surface area contributed by atoms with Crippen molar-refractivity contribution in [1.29, 1.82) is 0 Å². The fourth-order valence-electron chi connectivity index (χ4n) is 2.35. The maximum atomic E-state index is 11.9. The number of carbonyl (C=O) groups is 1. The summed E-state index contributed by atoms with van der Waals surface area (Å²) in [6.45, 7) is 1.36. The van der Waals surface area contributed by atoms with E-state index in [1.165, 1.54) is 0 Å². The minimum absolute atomic E-state index is 0.0449. The number of aromatic nitrogens is 2. The van der Waals surface area contributed by atoms with Crippen LogP contribution in [0.1, 0.15) is 16.8 Å². The van der Waals surface area contributed by atoms with Crippen molar-refractivity contribution >= 4 is 38.6 Å². The van der Waals surface area contributed by atoms with Gasteiger partial charge in [-0.25, -0.2) is 0 Å². The Labute approximate surface area is 148 Å². The first kappa shape index (κ1) is 16.4. The van der Waals surface area contributed by atoms with Crippen molar-refractivity contribution in [2.45, 2.75) is 6.42 Å². The molecule has 3 rings (SSSR count). The average molecular weight is 385 g/mol. The van der Waals surface area contributed by atoms with E-state index >= 15 is 0 Å². The summed E-state index contributed by atoms with van der Waals surface area (Å²) in [4.78, 5) is 20.7. The van der Waals surface area contributed by atoms with E-state index in [4.69, 9.17) is 0 Å². The van der Waals surface area contributed by atoms with Gasteiger partial charge in [0.05, 0.1) is 11.2 Å². The van der Waals surface area contributed by atoms with Crippen LogP contribution in [-0.2, 0) is 0 Å². The minimum Gasteiger partial charge on any atom is -0.383 e. The fraction of sp³-hybridized carbons (Fsp3) is 0.167. The molecule has 24 heavy (non-hydrogen) atoms. The van der Waals surface area contributed by atoms with E-state index in [1.807, 2.05) is 30.3 Å². The van der Waals surface area contributed by atoms with Crippen molar-refractivity contribution in [2.24, 2.45) is 0 Å². The molecule has 1 amide bonds. The lowest BCUT2D eigenvalue weighted by Gasteiger charge is -2.09. The SMILES string of the molecule is O=C(NCCCNc1ccnc2cc(Br)cnc12)c1ccccc1. The van der Waals surface area contributed by atoms with E-state index in [9.17, 15) is 4.79 Å². The van der Waals surface area contributed by atoms with Gasteiger partial charge < -0.3 is 10.6 Å². The first-order valence-corrected chi connectivity index (χ1v) is 8.51. The quantitative estimate of drug-likeness (QED) is 0.636. The summed E-state index contributed by atoms with van der Waals surface area (Å²) < 4.78 is 0.906. The molecule has 0 aliphatic heterocycles. The van der Waals surface area contributed by atoms with E-state index in [0.29, 0.717) is 12.1 Å². The highest BCUT2D eigenvalue weighted by Gasteiger charge is 2.05. The summed E-state index contributed by atoms with van der Waals surface area (Å²) in [6, 6.07) is 13.1. The number of benzene rings is 1. The number of halogens is 1. The molecule has 5 nitrogen and oxygen atoms in total. The van der Waals surface area contributed by atoms with Crippen molar-refractivity contribution in [3.8, 4) is 0 Å². The molecule has 0 unspecified atom stereocenters. The van der Waals surface area contributed by atoms with E-state index in [2.05, 4.69) is 36.5 Å². The van der Waals surface area contributed by atoms with Crippen LogP contribution in [0.3, 0.4) is 0 Å². The number of anilines is 1. The molecule has 3 aromatic rings. The maximum Gasteiger partial charge on any atom is 0.251 e. The molecule has 6 heteroatoms. The molecule has 0 aliphatic rings. The van der Waals surface area contributed by atoms with Gasteiger partial charge in [0.15, 0.2) is 0 Å². The molecule has 0 saturated heterocycles. The molecule has 0 saturated carbocycles. The molecule has 2 heterocycles. The zero-order valence-electron chi connectivity index (χ0n) is 13.0. The molecule has 2 N–H and O–H groups in total. The summed E-state index contributed by atoms with van der Waals surface area (Å²) >= 11 is 3.40. The van der Waals surface area contributed by atoms with E-state index in [0.717, 1.165) is 34.2 Å². The summed E-state index contributed by atoms with van der Waals surface area (Å²) in [5, 5.41) is 6.27. The summed E-state index contributed by atoms with van der Waals surface area (Å²) in [5.41, 5.74) is 3.31. The molecule has 0 radical (unpaired) electrons. The molecule has 2 aromatic heterocycles. The highest BCUT2D eigenvalue weighted by atomic mass is 79.9. The Morgan fingerprint density at radius 3 is 2.75 bits per heavy atom. The Morgan fingerprint density at radius 1 is 1.08 bits per heavy atom. The van der Waals surface area contributed by atoms with Crippen molar-refractivity contribution in [3.63, 3.8) is 0 Å². The van der Waals surface area contributed by atoms with Gasteiger partial charge in [-0.3, -0.25) is 14.8 Å². The van der Waals surface area contributed by atoms with Gasteiger partial charge in [0.25, 0.3) is 5.91 Å². The van der Waals surface area contributed by atoms with Crippen LogP contribution >= 0.6 is 15.9 Å². The predicted octanol–water partition coefficient (Wildman–Crippen LogP) is 3.62. The summed E-state index contributed by atoms with van der Waals surface area (Å²) in [6.07, 6.45) is 4.34. The highest BCUT2D eigenvalue weighted by molar-refractivity contribution is 9.10. The Morgan fingerprint density at radius 2 is 1.92 bits per heavy atom. The monoisotopic (exact) mass is 384 g/mol. The van der Waals surface area contributed by atoms with Crippen LogP contribution in [0.2, 0.25) is 0 Å². The molecule has 122 valence electrons. The highest BCUT2D eigenvalue weighted by Crippen LogP contribution is 2.21. The van der Waals surface area contributed by atoms with Gasteiger partial charge in [-0.15, -0.1) is 0 Å². The van der Waals surface area contributed by atoms with Gasteiger partial charge in [-0.1, -0.05) is 18.2 Å². The van der Waals surface area contributed by atoms with Gasteiger partial charge in [0, 0.05) is 35.5 Å². The predicted molar refractivity (Wildman–Crippen MR) is 99.1 cm³/mol. The summed E-state index contributed by atoms with van der Waals surface area (Å²) in [5.74, 6) is -0.0449. The van der Waals surface area contributed by atoms with Crippen LogP contribution in [0.25, 0.3) is 11.0 Å². The second kappa shape index (κ2) is 7.88. The van der Waals surface area contributed by atoms with E-state index < -0.39 is 0 Å². The van der Waals surface area contributed by atoms with Crippen molar-refractivity contribution in [2.75, 3.05) is 18.4 Å². The van der Waals surface area contributed by atoms with Crippen LogP contribution in [0, 0.1) is 0 Å². The number of pyridine rings is 2. The molecular formula is C18H17BrN4O. The molecular weight excluding hydrogens is 368 g/mol. The van der Waals surface area contributed by atoms with Gasteiger partial charge in [0.1, 0.15) is 5.52 Å². The van der Waals surface area contributed by atoms with Gasteiger partial charge in [0.2, 0.25) is 0 Å². The van der Waals surface area contributed by atoms with Crippen molar-refractivity contribution in [1.82, 2.24) is 15.3 Å². The Hall–Kier alpha value is -2.47. The van der Waals surface area contributed by atoms with Gasteiger partial charge in [-0.2, -0.15) is 0 Å². The topological polar surface area (TPSA) is 66.9 Å². The second-order valence-electron chi connectivity index (χ2n) is 5.28. The zero-order valence-corrected chi connectivity index (χ0v) is 14.6. The molecule has 1 aromatic carbocycles. The number of nitrogens with zero attached hydrogens (tertiary/aromatic N) is 2. The van der Waals surface area contributed by atoms with Crippen molar-refractivity contribution < 1.29 is 4.79 Å². The van der Waals surface area contributed by atoms with E-state index in [-0.39, 0.29) is 5.91 Å². The Kier molecular flexibility index (Phi) is 5.38. The molecule has 0 atom stereocenters. The Bertz CT molecular complexity index is 839. The number of rotatable bonds is 6. The zero-order chi connectivity index (χ0) is 16.8. The van der Waals surface area contributed by atoms with Crippen LogP contribution in [0.15, 0.2) is 59.3 Å². The number of carbonyl (C=O) groups excluding carboxylic acids is 1. The normalized spacial score (nSPS) is 10.5. The van der Waals surface area contributed by atoms with Gasteiger partial charge >= 0.3 is 0 Å². The van der Waals surface area contributed by atoms with Gasteiger partial charge in [-0.05, 0) is 46.6 Å². The number of amides is 1. The molecule has 0 spiro atoms. The lowest BCUT2D eigenvalue weighted by atomic mass is 10.2. The lowest BCUT2D eigenvalue weighted by Crippen LogP contribution is -2.25. The lowest BCUT2D eigenvalue weighted by molar-refractivity contribution is 0.0953. The number of fused-ring (bicyclic) bond motifs is 1. The first-order chi connectivity index (χ1) is 11.7. The number of hydrogen-bond donors (Lipinski definition) is 2. The van der Waals surface area contributed by atoms with Crippen LogP contribution in [0.4, 0.5) is 5.69 Å². The van der Waals surface area contributed by atoms with Crippen LogP contribution < -0.4 is 10.6 Å². The third kappa shape index (κ3) is 4.08. The Balaban J connectivity index is 1.50. The number of nitrogens with one attached hydrogen (secondary N) is 2. The van der Waals surface area contributed by atoms with E-state index in [1.54, 1.807) is 24.5 Å². The average Bonchev–Trinajstić information content (AvgIpc) is 2.61. The maximum absolute atomic E-state index is 11.9. The fourth-order valence-corrected chi connectivity index (χ4v) is 2.67. The standard InChI is InChI=1S/C18H17BrN4O/c19-14-11-16-17(23-12-14)15(7-10-21-16)20-8-4-9-22-18(24)13-5-2-1-3-6-13/h1-3,5-7,10-12H,4,8-9H2,(H,20,21)(H,22,24). The van der Waals surface area contributed by atoms with Crippen LogP contribution in [0.5, 0.6) is 0 Å². The number of hydrogen-bond acceptors (Lipinski definition) is 4. The molecule has 0 fully saturated rings. The van der Waals surface area contributed by atoms with Crippen LogP contribution in [-0.4, -0.2) is 29.0 Å². The third-order valence-electron chi connectivity index (χ3n) is 3.53. The molecule has 0 aliphatic carbocycles. The van der Waals surface area contributed by atoms with Crippen molar-refractivity contribution in [3.05, 3.63) is 64.9 Å². The minimum atomic E-state index is -0.0449. The summed E-state index contributed by atoms with van der Waals surface area (Å²) in [7, 11) is 0. The first-order valence-electron chi connectivity index (χ1n) is 7.71. The largest absolute Gasteiger partial charge is 0.383 e. The molecule has 0 bridgehead atoms.